The van der Waals surface area contributed by atoms with Gasteiger partial charge < -0.3 is 10.5 Å². The zero-order valence-electron chi connectivity index (χ0n) is 9.49. The van der Waals surface area contributed by atoms with Crippen molar-refractivity contribution in [2.45, 2.75) is 0 Å². The van der Waals surface area contributed by atoms with E-state index in [-0.39, 0.29) is 16.5 Å². The summed E-state index contributed by atoms with van der Waals surface area (Å²) in [4.78, 5) is 0.120. The maximum absolute atomic E-state index is 13.1. The molecule has 0 fully saturated rings. The first-order valence-corrected chi connectivity index (χ1v) is 5.98. The molecule has 0 aliphatic rings. The predicted molar refractivity (Wildman–Crippen MR) is 73.8 cm³/mol. The molecule has 0 aliphatic heterocycles. The molecule has 6 heteroatoms. The fraction of sp³-hybridized carbons (Fsp3) is 0. The van der Waals surface area contributed by atoms with Crippen LogP contribution in [0.4, 0.5) is 8.78 Å². The smallest absolute Gasteiger partial charge is 0.162 e. The molecule has 0 saturated carbocycles. The lowest BCUT2D eigenvalue weighted by atomic mass is 10.2. The second-order valence-electron chi connectivity index (χ2n) is 3.68. The molecule has 0 atom stereocenters. The van der Waals surface area contributed by atoms with E-state index in [2.05, 4.69) is 0 Å². The zero-order valence-corrected chi connectivity index (χ0v) is 11.1. The zero-order chi connectivity index (χ0) is 14.0. The fourth-order valence-corrected chi connectivity index (χ4v) is 1.78. The molecule has 2 aromatic carbocycles. The van der Waals surface area contributed by atoms with Crippen molar-refractivity contribution in [3.05, 3.63) is 58.6 Å². The molecular formula is C13H8ClF2NOS. The molecule has 0 spiro atoms. The summed E-state index contributed by atoms with van der Waals surface area (Å²) in [6.45, 7) is 0. The van der Waals surface area contributed by atoms with Gasteiger partial charge in [-0.25, -0.2) is 8.78 Å². The minimum atomic E-state index is -1.00. The van der Waals surface area contributed by atoms with Crippen LogP contribution < -0.4 is 10.5 Å². The average Bonchev–Trinajstić information content (AvgIpc) is 2.33. The Morgan fingerprint density at radius 3 is 2.47 bits per heavy atom. The molecule has 0 aliphatic carbocycles. The first kappa shape index (κ1) is 13.7. The third-order valence-corrected chi connectivity index (χ3v) is 2.78. The van der Waals surface area contributed by atoms with Crippen molar-refractivity contribution in [3.63, 3.8) is 0 Å². The fourth-order valence-electron chi connectivity index (χ4n) is 1.45. The van der Waals surface area contributed by atoms with Crippen LogP contribution in [0.15, 0.2) is 36.4 Å². The van der Waals surface area contributed by atoms with Gasteiger partial charge in [-0.05, 0) is 24.3 Å². The van der Waals surface area contributed by atoms with E-state index < -0.39 is 11.6 Å². The van der Waals surface area contributed by atoms with Crippen molar-refractivity contribution in [3.8, 4) is 11.5 Å². The Hall–Kier alpha value is -1.72. The predicted octanol–water partition coefficient (Wildman–Crippen LogP) is 4.04. The molecule has 2 N–H and O–H groups in total. The van der Waals surface area contributed by atoms with Crippen molar-refractivity contribution in [2.24, 2.45) is 5.73 Å². The van der Waals surface area contributed by atoms with Gasteiger partial charge in [-0.3, -0.25) is 0 Å². The van der Waals surface area contributed by atoms with Crippen LogP contribution in [0.5, 0.6) is 11.5 Å². The van der Waals surface area contributed by atoms with Crippen molar-refractivity contribution < 1.29 is 13.5 Å². The summed E-state index contributed by atoms with van der Waals surface area (Å²) in [6, 6.07) is 7.89. The average molecular weight is 300 g/mol. The van der Waals surface area contributed by atoms with Crippen LogP contribution in [0.2, 0.25) is 5.02 Å². The molecule has 2 nitrogen and oxygen atoms in total. The number of hydrogen-bond acceptors (Lipinski definition) is 2. The van der Waals surface area contributed by atoms with Crippen molar-refractivity contribution in [2.75, 3.05) is 0 Å². The maximum atomic E-state index is 13.1. The summed E-state index contributed by atoms with van der Waals surface area (Å²) in [5.74, 6) is -1.55. The molecule has 2 aromatic rings. The van der Waals surface area contributed by atoms with Gasteiger partial charge in [0.1, 0.15) is 16.5 Å². The molecule has 0 saturated heterocycles. The highest BCUT2D eigenvalue weighted by atomic mass is 35.5. The standard InChI is InChI=1S/C13H8ClF2NOS/c14-7-1-3-9(13(17)19)12(5-7)18-8-2-4-10(15)11(16)6-8/h1-6H,(H2,17,19). The van der Waals surface area contributed by atoms with E-state index in [1.54, 1.807) is 12.1 Å². The van der Waals surface area contributed by atoms with Gasteiger partial charge in [0.2, 0.25) is 0 Å². The van der Waals surface area contributed by atoms with Gasteiger partial charge in [-0.15, -0.1) is 0 Å². The van der Waals surface area contributed by atoms with E-state index in [1.165, 1.54) is 12.1 Å². The molecular weight excluding hydrogens is 292 g/mol. The Labute approximate surface area is 118 Å². The summed E-state index contributed by atoms with van der Waals surface area (Å²) >= 11 is 10.7. The Morgan fingerprint density at radius 1 is 1.11 bits per heavy atom. The topological polar surface area (TPSA) is 35.2 Å². The molecule has 0 amide bonds. The number of benzene rings is 2. The van der Waals surface area contributed by atoms with E-state index in [0.29, 0.717) is 10.6 Å². The molecule has 0 bridgehead atoms. The first-order valence-electron chi connectivity index (χ1n) is 5.19. The second kappa shape index (κ2) is 5.50. The molecule has 0 heterocycles. The third kappa shape index (κ3) is 3.19. The summed E-state index contributed by atoms with van der Waals surface area (Å²) in [6.07, 6.45) is 0. The second-order valence-corrected chi connectivity index (χ2v) is 4.56. The lowest BCUT2D eigenvalue weighted by molar-refractivity contribution is 0.461. The van der Waals surface area contributed by atoms with Crippen LogP contribution in [0.1, 0.15) is 5.56 Å². The lowest BCUT2D eigenvalue weighted by Gasteiger charge is -2.11. The Morgan fingerprint density at radius 2 is 1.84 bits per heavy atom. The summed E-state index contributed by atoms with van der Waals surface area (Å²) in [7, 11) is 0. The highest BCUT2D eigenvalue weighted by Gasteiger charge is 2.10. The summed E-state index contributed by atoms with van der Waals surface area (Å²) in [5, 5.41) is 0.414. The van der Waals surface area contributed by atoms with Crippen molar-refractivity contribution in [1.29, 1.82) is 0 Å². The Kier molecular flexibility index (Phi) is 3.97. The highest BCUT2D eigenvalue weighted by molar-refractivity contribution is 7.80. The number of thiocarbonyl (C=S) groups is 1. The van der Waals surface area contributed by atoms with E-state index in [9.17, 15) is 8.78 Å². The van der Waals surface area contributed by atoms with Crippen LogP contribution in [0, 0.1) is 11.6 Å². The molecule has 0 unspecified atom stereocenters. The normalized spacial score (nSPS) is 10.3. The number of hydrogen-bond donors (Lipinski definition) is 1. The SMILES string of the molecule is NC(=S)c1ccc(Cl)cc1Oc1ccc(F)c(F)c1. The van der Waals surface area contributed by atoms with Crippen LogP contribution in [-0.4, -0.2) is 4.99 Å². The minimum Gasteiger partial charge on any atom is -0.456 e. The van der Waals surface area contributed by atoms with Gasteiger partial charge in [-0.1, -0.05) is 23.8 Å². The number of rotatable bonds is 3. The molecule has 0 aromatic heterocycles. The van der Waals surface area contributed by atoms with Crippen LogP contribution in [0.3, 0.4) is 0 Å². The quantitative estimate of drug-likeness (QED) is 0.869. The lowest BCUT2D eigenvalue weighted by Crippen LogP contribution is -2.10. The molecule has 98 valence electrons. The van der Waals surface area contributed by atoms with Gasteiger partial charge in [0, 0.05) is 17.2 Å². The van der Waals surface area contributed by atoms with Crippen LogP contribution in [0.25, 0.3) is 0 Å². The molecule has 0 radical (unpaired) electrons. The van der Waals surface area contributed by atoms with Gasteiger partial charge >= 0.3 is 0 Å². The Balaban J connectivity index is 2.39. The largest absolute Gasteiger partial charge is 0.456 e. The van der Waals surface area contributed by atoms with Crippen LogP contribution >= 0.6 is 23.8 Å². The minimum absolute atomic E-state index is 0.120. The maximum Gasteiger partial charge on any atom is 0.162 e. The monoisotopic (exact) mass is 299 g/mol. The van der Waals surface area contributed by atoms with Crippen molar-refractivity contribution in [1.82, 2.24) is 0 Å². The highest BCUT2D eigenvalue weighted by Crippen LogP contribution is 2.29. The number of nitrogens with two attached hydrogens (primary N) is 1. The van der Waals surface area contributed by atoms with Gasteiger partial charge in [0.05, 0.1) is 5.56 Å². The number of ether oxygens (including phenoxy) is 1. The summed E-state index contributed by atoms with van der Waals surface area (Å²) in [5.41, 5.74) is 6.01. The summed E-state index contributed by atoms with van der Waals surface area (Å²) < 4.78 is 31.3. The molecule has 2 rings (SSSR count). The van der Waals surface area contributed by atoms with Gasteiger partial charge in [0.15, 0.2) is 11.6 Å². The van der Waals surface area contributed by atoms with Crippen molar-refractivity contribution >= 4 is 28.8 Å². The van der Waals surface area contributed by atoms with E-state index >= 15 is 0 Å². The van der Waals surface area contributed by atoms with Crippen LogP contribution in [-0.2, 0) is 0 Å². The Bertz CT molecular complexity index is 649. The van der Waals surface area contributed by atoms with E-state index in [1.807, 2.05) is 0 Å². The van der Waals surface area contributed by atoms with E-state index in [0.717, 1.165) is 12.1 Å². The number of halogens is 3. The third-order valence-electron chi connectivity index (χ3n) is 2.33. The first-order chi connectivity index (χ1) is 8.97. The van der Waals surface area contributed by atoms with Gasteiger partial charge in [-0.2, -0.15) is 0 Å². The van der Waals surface area contributed by atoms with E-state index in [4.69, 9.17) is 34.3 Å². The van der Waals surface area contributed by atoms with Gasteiger partial charge in [0.25, 0.3) is 0 Å². The molecule has 19 heavy (non-hydrogen) atoms.